The van der Waals surface area contributed by atoms with Crippen molar-refractivity contribution in [2.24, 2.45) is 0 Å². The average Bonchev–Trinajstić information content (AvgIpc) is 3.13. The number of carbonyl (C=O) groups is 2. The lowest BCUT2D eigenvalue weighted by molar-refractivity contribution is -0.139. The van der Waals surface area contributed by atoms with E-state index < -0.39 is 17.7 Å². The van der Waals surface area contributed by atoms with Gasteiger partial charge in [0, 0.05) is 23.5 Å². The number of hydrogen-bond donors (Lipinski definition) is 2. The van der Waals surface area contributed by atoms with Gasteiger partial charge in [0.15, 0.2) is 0 Å². The van der Waals surface area contributed by atoms with Crippen LogP contribution in [0, 0.1) is 20.8 Å². The number of aliphatic hydroxyl groups excluding tert-OH is 1. The molecule has 33 heavy (non-hydrogen) atoms. The normalized spacial score (nSPS) is 18.1. The molecular formula is C26H35N3O4. The fraction of sp³-hybridized carbons (Fsp3) is 0.462. The van der Waals surface area contributed by atoms with Crippen molar-refractivity contribution in [2.75, 3.05) is 27.2 Å². The Kier molecular flexibility index (Phi) is 7.32. The summed E-state index contributed by atoms with van der Waals surface area (Å²) in [5.41, 5.74) is 4.03. The molecule has 1 fully saturated rings. The SMILES string of the molecule is Cc1[nH]c(C)c(/C(O)=C2\C(=O)C(=O)N(CCCN(C)C)C2c2ccc(OC(C)C)cc2)c1C. The zero-order valence-corrected chi connectivity index (χ0v) is 20.7. The summed E-state index contributed by atoms with van der Waals surface area (Å²) in [6.07, 6.45) is 0.752. The molecule has 0 bridgehead atoms. The largest absolute Gasteiger partial charge is 0.507 e. The van der Waals surface area contributed by atoms with E-state index in [1.807, 2.05) is 77.9 Å². The highest BCUT2D eigenvalue weighted by Gasteiger charge is 2.46. The highest BCUT2D eigenvalue weighted by molar-refractivity contribution is 6.46. The number of H-pyrrole nitrogens is 1. The van der Waals surface area contributed by atoms with E-state index in [1.165, 1.54) is 0 Å². The first-order valence-electron chi connectivity index (χ1n) is 11.4. The van der Waals surface area contributed by atoms with Crippen molar-refractivity contribution in [3.8, 4) is 5.75 Å². The standard InChI is InChI=1S/C26H35N3O4/c1-15(2)33-20-11-9-19(10-12-20)23-22(24(30)21-16(3)17(4)27-18(21)5)25(31)26(32)29(23)14-8-13-28(6)7/h9-12,15,23,27,30H,8,13-14H2,1-7H3/b24-22+. The van der Waals surface area contributed by atoms with Crippen molar-refractivity contribution in [1.29, 1.82) is 0 Å². The number of aryl methyl sites for hydroxylation is 2. The summed E-state index contributed by atoms with van der Waals surface area (Å²) in [6, 6.07) is 6.75. The Bertz CT molecular complexity index is 1060. The van der Waals surface area contributed by atoms with Crippen molar-refractivity contribution >= 4 is 17.4 Å². The van der Waals surface area contributed by atoms with Crippen LogP contribution in [0.4, 0.5) is 0 Å². The number of likely N-dealkylation sites (tertiary alicyclic amines) is 1. The molecule has 1 aromatic carbocycles. The molecule has 0 radical (unpaired) electrons. The Morgan fingerprint density at radius 1 is 1.12 bits per heavy atom. The molecule has 1 unspecified atom stereocenters. The third-order valence-electron chi connectivity index (χ3n) is 6.04. The highest BCUT2D eigenvalue weighted by atomic mass is 16.5. The number of ether oxygens (including phenoxy) is 1. The molecule has 1 aliphatic heterocycles. The van der Waals surface area contributed by atoms with Gasteiger partial charge in [0.25, 0.3) is 11.7 Å². The second-order valence-electron chi connectivity index (χ2n) is 9.26. The summed E-state index contributed by atoms with van der Waals surface area (Å²) < 4.78 is 5.75. The van der Waals surface area contributed by atoms with Crippen LogP contribution < -0.4 is 4.74 Å². The second kappa shape index (κ2) is 9.83. The summed E-state index contributed by atoms with van der Waals surface area (Å²) in [5.74, 6) is -0.644. The minimum absolute atomic E-state index is 0.0373. The first kappa shape index (κ1) is 24.6. The maximum absolute atomic E-state index is 13.2. The third-order valence-corrected chi connectivity index (χ3v) is 6.04. The molecule has 7 nitrogen and oxygen atoms in total. The first-order valence-corrected chi connectivity index (χ1v) is 11.4. The number of nitrogens with zero attached hydrogens (tertiary/aromatic N) is 2. The Balaban J connectivity index is 2.11. The van der Waals surface area contributed by atoms with Gasteiger partial charge < -0.3 is 24.6 Å². The smallest absolute Gasteiger partial charge is 0.295 e. The van der Waals surface area contributed by atoms with Crippen LogP contribution in [0.1, 0.15) is 54.4 Å². The number of amides is 1. The van der Waals surface area contributed by atoms with Crippen LogP contribution in [0.3, 0.4) is 0 Å². The number of aromatic nitrogens is 1. The Labute approximate surface area is 196 Å². The second-order valence-corrected chi connectivity index (χ2v) is 9.26. The number of Topliss-reactive ketones (excluding diaryl/α,β-unsaturated/α-hetero) is 1. The first-order chi connectivity index (χ1) is 15.5. The van der Waals surface area contributed by atoms with Gasteiger partial charge in [0.2, 0.25) is 0 Å². The lowest BCUT2D eigenvalue weighted by atomic mass is 9.94. The fourth-order valence-corrected chi connectivity index (χ4v) is 4.41. The zero-order valence-electron chi connectivity index (χ0n) is 20.7. The van der Waals surface area contributed by atoms with Gasteiger partial charge in [-0.2, -0.15) is 0 Å². The van der Waals surface area contributed by atoms with Crippen LogP contribution in [-0.2, 0) is 9.59 Å². The number of nitrogens with one attached hydrogen (secondary N) is 1. The molecule has 3 rings (SSSR count). The van der Waals surface area contributed by atoms with Gasteiger partial charge in [-0.1, -0.05) is 12.1 Å². The van der Waals surface area contributed by atoms with Crippen molar-refractivity contribution in [3.63, 3.8) is 0 Å². The quantitative estimate of drug-likeness (QED) is 0.357. The predicted molar refractivity (Wildman–Crippen MR) is 129 cm³/mol. The van der Waals surface area contributed by atoms with E-state index in [1.54, 1.807) is 4.90 Å². The Hall–Kier alpha value is -3.06. The van der Waals surface area contributed by atoms with Crippen molar-refractivity contribution < 1.29 is 19.4 Å². The molecule has 1 amide bonds. The monoisotopic (exact) mass is 453 g/mol. The average molecular weight is 454 g/mol. The minimum atomic E-state index is -0.658. The number of hydrogen-bond acceptors (Lipinski definition) is 5. The van der Waals surface area contributed by atoms with Crippen molar-refractivity contribution in [1.82, 2.24) is 14.8 Å². The molecule has 7 heteroatoms. The summed E-state index contributed by atoms with van der Waals surface area (Å²) in [6.45, 7) is 10.8. The molecule has 0 saturated carbocycles. The van der Waals surface area contributed by atoms with Gasteiger partial charge >= 0.3 is 0 Å². The Morgan fingerprint density at radius 3 is 2.27 bits per heavy atom. The summed E-state index contributed by atoms with van der Waals surface area (Å²) >= 11 is 0. The molecule has 1 saturated heterocycles. The van der Waals surface area contributed by atoms with Crippen LogP contribution in [-0.4, -0.2) is 64.9 Å². The van der Waals surface area contributed by atoms with Crippen molar-refractivity contribution in [2.45, 2.75) is 53.2 Å². The van der Waals surface area contributed by atoms with Crippen LogP contribution in [0.25, 0.3) is 5.76 Å². The molecule has 2 N–H and O–H groups in total. The molecule has 2 heterocycles. The number of benzene rings is 1. The van der Waals surface area contributed by atoms with E-state index in [0.29, 0.717) is 24.3 Å². The molecule has 2 aromatic rings. The maximum Gasteiger partial charge on any atom is 0.295 e. The van der Waals surface area contributed by atoms with Crippen LogP contribution in [0.15, 0.2) is 29.8 Å². The fourth-order valence-electron chi connectivity index (χ4n) is 4.41. The molecule has 1 atom stereocenters. The molecule has 1 aliphatic rings. The van der Waals surface area contributed by atoms with Gasteiger partial charge in [-0.05, 0) is 84.9 Å². The Morgan fingerprint density at radius 2 is 1.76 bits per heavy atom. The van der Waals surface area contributed by atoms with Crippen LogP contribution in [0.5, 0.6) is 5.75 Å². The molecule has 0 aliphatic carbocycles. The van der Waals surface area contributed by atoms with Gasteiger partial charge in [-0.3, -0.25) is 9.59 Å². The van der Waals surface area contributed by atoms with Gasteiger partial charge in [0.05, 0.1) is 17.7 Å². The van der Waals surface area contributed by atoms with Gasteiger partial charge in [0.1, 0.15) is 11.5 Å². The van der Waals surface area contributed by atoms with E-state index in [-0.39, 0.29) is 17.4 Å². The maximum atomic E-state index is 13.2. The van der Waals surface area contributed by atoms with E-state index in [9.17, 15) is 14.7 Å². The van der Waals surface area contributed by atoms with E-state index in [2.05, 4.69) is 4.98 Å². The lowest BCUT2D eigenvalue weighted by Gasteiger charge is -2.26. The number of ketones is 1. The molecule has 178 valence electrons. The molecular weight excluding hydrogens is 418 g/mol. The van der Waals surface area contributed by atoms with Crippen LogP contribution in [0.2, 0.25) is 0 Å². The number of aliphatic hydroxyl groups is 1. The zero-order chi connectivity index (χ0) is 24.4. The molecule has 0 spiro atoms. The third kappa shape index (κ3) is 4.98. The number of aromatic amines is 1. The lowest BCUT2D eigenvalue weighted by Crippen LogP contribution is -2.32. The predicted octanol–water partition coefficient (Wildman–Crippen LogP) is 4.10. The summed E-state index contributed by atoms with van der Waals surface area (Å²) in [7, 11) is 3.94. The highest BCUT2D eigenvalue weighted by Crippen LogP contribution is 2.41. The van der Waals surface area contributed by atoms with E-state index in [0.717, 1.165) is 29.1 Å². The topological polar surface area (TPSA) is 85.9 Å². The summed E-state index contributed by atoms with van der Waals surface area (Å²) in [5, 5.41) is 11.3. The van der Waals surface area contributed by atoms with Crippen molar-refractivity contribution in [3.05, 3.63) is 57.9 Å². The van der Waals surface area contributed by atoms with Gasteiger partial charge in [-0.25, -0.2) is 0 Å². The number of rotatable bonds is 8. The molecule has 1 aromatic heterocycles. The van der Waals surface area contributed by atoms with Crippen LogP contribution >= 0.6 is 0 Å². The summed E-state index contributed by atoms with van der Waals surface area (Å²) in [4.78, 5) is 33.1. The minimum Gasteiger partial charge on any atom is -0.507 e. The van der Waals surface area contributed by atoms with E-state index >= 15 is 0 Å². The van der Waals surface area contributed by atoms with Gasteiger partial charge in [-0.15, -0.1) is 0 Å². The van der Waals surface area contributed by atoms with E-state index in [4.69, 9.17) is 4.74 Å². The number of carbonyl (C=O) groups excluding carboxylic acids is 2.